The average Bonchev–Trinajstić information content (AvgIpc) is 3.08. The third-order valence-corrected chi connectivity index (χ3v) is 6.50. The molecule has 0 amide bonds. The molecule has 10 heteroatoms. The van der Waals surface area contributed by atoms with Gasteiger partial charge >= 0.3 is 0 Å². The van der Waals surface area contributed by atoms with Crippen LogP contribution in [0.2, 0.25) is 0 Å². The number of halogens is 2. The van der Waals surface area contributed by atoms with Crippen molar-refractivity contribution in [1.29, 1.82) is 0 Å². The maximum Gasteiger partial charge on any atom is 0.269 e. The first-order chi connectivity index (χ1) is 14.0. The van der Waals surface area contributed by atoms with Gasteiger partial charge in [0.25, 0.3) is 10.0 Å². The number of aromatic nitrogens is 3. The smallest absolute Gasteiger partial charge is 0.269 e. The number of hydrogen-bond acceptors (Lipinski definition) is 6. The van der Waals surface area contributed by atoms with Gasteiger partial charge in [-0.3, -0.25) is 9.97 Å². The molecule has 4 aromatic rings. The summed E-state index contributed by atoms with van der Waals surface area (Å²) in [5, 5.41) is 7.23. The molecule has 3 aromatic heterocycles. The monoisotopic (exact) mass is 507 g/mol. The number of hydrogen-bond donors (Lipinski definition) is 2. The summed E-state index contributed by atoms with van der Waals surface area (Å²) in [5.41, 5.74) is 3.04. The van der Waals surface area contributed by atoms with E-state index in [4.69, 9.17) is 0 Å². The van der Waals surface area contributed by atoms with Crippen molar-refractivity contribution >= 4 is 60.6 Å². The molecule has 0 fully saturated rings. The van der Waals surface area contributed by atoms with Crippen LogP contribution in [0.4, 0.5) is 11.4 Å². The number of benzene rings is 1. The van der Waals surface area contributed by atoms with E-state index in [0.717, 1.165) is 26.8 Å². The molecule has 0 saturated carbocycles. The Morgan fingerprint density at radius 2 is 1.90 bits per heavy atom. The molecule has 2 N–H and O–H groups in total. The molecule has 0 spiro atoms. The normalized spacial score (nSPS) is 11.3. The second-order valence-corrected chi connectivity index (χ2v) is 9.15. The van der Waals surface area contributed by atoms with Crippen LogP contribution in [0.3, 0.4) is 0 Å². The second kappa shape index (κ2) is 9.13. The zero-order chi connectivity index (χ0) is 20.4. The Morgan fingerprint density at radius 1 is 1.07 bits per heavy atom. The summed E-state index contributed by atoms with van der Waals surface area (Å²) in [5.74, 6) is 0. The molecule has 7 nitrogen and oxygen atoms in total. The molecule has 0 saturated heterocycles. The van der Waals surface area contributed by atoms with Crippen LogP contribution in [0.15, 0.2) is 76.8 Å². The van der Waals surface area contributed by atoms with Gasteiger partial charge in [-0.05, 0) is 58.9 Å². The standard InChI is InChI=1S/C20H18BrN5O2S.ClH/c1-22-9-14-13-26(29(27,28)18-3-2-6-23-12-18)20-8-16(4-5-19(14)20)25-17-7-15(21)10-24-11-17;/h2-8,10-13,22,25H,9H2,1H3;1H. The molecule has 0 aliphatic heterocycles. The summed E-state index contributed by atoms with van der Waals surface area (Å²) in [7, 11) is -1.95. The van der Waals surface area contributed by atoms with E-state index >= 15 is 0 Å². The Balaban J connectivity index is 0.00000256. The third-order valence-electron chi connectivity index (χ3n) is 4.41. The van der Waals surface area contributed by atoms with Crippen LogP contribution < -0.4 is 10.6 Å². The highest BCUT2D eigenvalue weighted by molar-refractivity contribution is 9.10. The van der Waals surface area contributed by atoms with Crippen molar-refractivity contribution in [3.8, 4) is 0 Å². The third kappa shape index (κ3) is 4.34. The molecule has 0 bridgehead atoms. The van der Waals surface area contributed by atoms with Gasteiger partial charge in [-0.1, -0.05) is 6.07 Å². The predicted octanol–water partition coefficient (Wildman–Crippen LogP) is 4.32. The zero-order valence-corrected chi connectivity index (χ0v) is 19.1. The first-order valence-corrected chi connectivity index (χ1v) is 11.0. The van der Waals surface area contributed by atoms with Crippen LogP contribution in [-0.4, -0.2) is 29.4 Å². The van der Waals surface area contributed by atoms with Crippen molar-refractivity contribution < 1.29 is 8.42 Å². The molecule has 0 unspecified atom stereocenters. The summed E-state index contributed by atoms with van der Waals surface area (Å²) >= 11 is 3.40. The summed E-state index contributed by atoms with van der Waals surface area (Å²) in [6.45, 7) is 0.550. The van der Waals surface area contributed by atoms with Crippen molar-refractivity contribution in [2.45, 2.75) is 11.4 Å². The van der Waals surface area contributed by atoms with Crippen molar-refractivity contribution in [3.05, 3.63) is 77.4 Å². The Labute approximate surface area is 189 Å². The van der Waals surface area contributed by atoms with E-state index in [1.807, 2.05) is 31.3 Å². The molecule has 0 aliphatic rings. The van der Waals surface area contributed by atoms with Crippen molar-refractivity contribution in [1.82, 2.24) is 19.3 Å². The fraction of sp³-hybridized carbons (Fsp3) is 0.100. The minimum Gasteiger partial charge on any atom is -0.354 e. The topological polar surface area (TPSA) is 88.9 Å². The molecular formula is C20H19BrClN5O2S. The van der Waals surface area contributed by atoms with Crippen molar-refractivity contribution in [2.75, 3.05) is 12.4 Å². The zero-order valence-electron chi connectivity index (χ0n) is 15.9. The number of nitrogens with zero attached hydrogens (tertiary/aromatic N) is 3. The van der Waals surface area contributed by atoms with Crippen LogP contribution >= 0.6 is 28.3 Å². The fourth-order valence-corrected chi connectivity index (χ4v) is 4.85. The minimum absolute atomic E-state index is 0. The molecule has 4 rings (SSSR count). The SMILES string of the molecule is CNCc1cn(S(=O)(=O)c2cccnc2)c2cc(Nc3cncc(Br)c3)ccc12.Cl. The lowest BCUT2D eigenvalue weighted by atomic mass is 10.1. The fourth-order valence-electron chi connectivity index (χ4n) is 3.13. The molecule has 0 atom stereocenters. The maximum absolute atomic E-state index is 13.2. The van der Waals surface area contributed by atoms with Gasteiger partial charge in [0.1, 0.15) is 4.90 Å². The van der Waals surface area contributed by atoms with E-state index in [2.05, 4.69) is 36.5 Å². The van der Waals surface area contributed by atoms with Crippen LogP contribution in [0.5, 0.6) is 0 Å². The molecule has 156 valence electrons. The van der Waals surface area contributed by atoms with E-state index in [9.17, 15) is 8.42 Å². The van der Waals surface area contributed by atoms with Crippen LogP contribution in [0, 0.1) is 0 Å². The molecule has 0 radical (unpaired) electrons. The van der Waals surface area contributed by atoms with Crippen molar-refractivity contribution in [3.63, 3.8) is 0 Å². The molecular weight excluding hydrogens is 490 g/mol. The van der Waals surface area contributed by atoms with Gasteiger partial charge in [-0.15, -0.1) is 12.4 Å². The number of anilines is 2. The molecule has 1 aromatic carbocycles. The first kappa shape index (κ1) is 22.2. The van der Waals surface area contributed by atoms with Gasteiger partial charge in [-0.2, -0.15) is 0 Å². The predicted molar refractivity (Wildman–Crippen MR) is 124 cm³/mol. The highest BCUT2D eigenvalue weighted by Crippen LogP contribution is 2.29. The van der Waals surface area contributed by atoms with Crippen molar-refractivity contribution in [2.24, 2.45) is 0 Å². The van der Waals surface area contributed by atoms with E-state index in [-0.39, 0.29) is 17.3 Å². The van der Waals surface area contributed by atoms with E-state index in [1.165, 1.54) is 10.2 Å². The highest BCUT2D eigenvalue weighted by atomic mass is 79.9. The van der Waals surface area contributed by atoms with E-state index in [0.29, 0.717) is 12.1 Å². The molecule has 3 heterocycles. The Kier molecular flexibility index (Phi) is 6.77. The number of pyridine rings is 2. The van der Waals surface area contributed by atoms with Gasteiger partial charge in [0.15, 0.2) is 0 Å². The molecule has 30 heavy (non-hydrogen) atoms. The summed E-state index contributed by atoms with van der Waals surface area (Å²) in [6.07, 6.45) is 7.96. The van der Waals surface area contributed by atoms with Crippen LogP contribution in [0.25, 0.3) is 10.9 Å². The largest absolute Gasteiger partial charge is 0.354 e. The number of nitrogens with one attached hydrogen (secondary N) is 2. The lowest BCUT2D eigenvalue weighted by Crippen LogP contribution is -2.12. The lowest BCUT2D eigenvalue weighted by molar-refractivity contribution is 0.588. The maximum atomic E-state index is 13.2. The Morgan fingerprint density at radius 3 is 2.60 bits per heavy atom. The Bertz CT molecular complexity index is 1280. The van der Waals surface area contributed by atoms with Crippen LogP contribution in [0.1, 0.15) is 5.56 Å². The summed E-state index contributed by atoms with van der Waals surface area (Å²) in [6, 6.07) is 10.7. The summed E-state index contributed by atoms with van der Waals surface area (Å²) in [4.78, 5) is 8.24. The average molecular weight is 509 g/mol. The summed E-state index contributed by atoms with van der Waals surface area (Å²) < 4.78 is 28.7. The molecule has 0 aliphatic carbocycles. The lowest BCUT2D eigenvalue weighted by Gasteiger charge is -2.10. The first-order valence-electron chi connectivity index (χ1n) is 8.81. The highest BCUT2D eigenvalue weighted by Gasteiger charge is 2.21. The van der Waals surface area contributed by atoms with Gasteiger partial charge < -0.3 is 10.6 Å². The van der Waals surface area contributed by atoms with Gasteiger partial charge in [0.05, 0.1) is 17.4 Å². The number of fused-ring (bicyclic) bond motifs is 1. The van der Waals surface area contributed by atoms with Gasteiger partial charge in [-0.25, -0.2) is 12.4 Å². The second-order valence-electron chi connectivity index (χ2n) is 6.42. The Hall–Kier alpha value is -2.46. The van der Waals surface area contributed by atoms with Gasteiger partial charge in [0, 0.05) is 46.9 Å². The van der Waals surface area contributed by atoms with E-state index < -0.39 is 10.0 Å². The van der Waals surface area contributed by atoms with Gasteiger partial charge in [0.2, 0.25) is 0 Å². The number of rotatable bonds is 6. The van der Waals surface area contributed by atoms with Crippen LogP contribution in [-0.2, 0) is 16.6 Å². The van der Waals surface area contributed by atoms with E-state index in [1.54, 1.807) is 36.9 Å². The minimum atomic E-state index is -3.78. The quantitative estimate of drug-likeness (QED) is 0.403.